The van der Waals surface area contributed by atoms with Crippen molar-refractivity contribution < 1.29 is 16.4 Å². The zero-order valence-electron chi connectivity index (χ0n) is 28.5. The van der Waals surface area contributed by atoms with Crippen molar-refractivity contribution in [3.8, 4) is 0 Å². The molecule has 3 heteroatoms. The van der Waals surface area contributed by atoms with Crippen LogP contribution in [0.2, 0.25) is 0 Å². The third kappa shape index (κ3) is 4.08. The van der Waals surface area contributed by atoms with E-state index in [-0.39, 0.29) is 11.1 Å². The van der Waals surface area contributed by atoms with E-state index >= 15 is 0 Å². The minimum atomic E-state index is -3.25. The Bertz CT molecular complexity index is 1030. The van der Waals surface area contributed by atoms with Crippen LogP contribution in [0, 0.1) is 5.41 Å². The zero-order valence-corrected chi connectivity index (χ0v) is 16.5. The lowest BCUT2D eigenvalue weighted by molar-refractivity contribution is -0.0322. The molecule has 0 amide bonds. The number of aromatic nitrogens is 1. The van der Waals surface area contributed by atoms with Gasteiger partial charge < -0.3 is 5.73 Å². The first-order chi connectivity index (χ1) is 17.5. The van der Waals surface area contributed by atoms with Crippen molar-refractivity contribution in [1.82, 2.24) is 9.88 Å². The van der Waals surface area contributed by atoms with E-state index in [4.69, 9.17) is 27.2 Å². The Morgan fingerprint density at radius 3 is 2.37 bits per heavy atom. The highest BCUT2D eigenvalue weighted by atomic mass is 15.3. The fourth-order valence-electron chi connectivity index (χ4n) is 4.34. The number of nitrogen functional groups attached to an aromatic ring is 1. The minimum Gasteiger partial charge on any atom is -0.397 e. The van der Waals surface area contributed by atoms with Crippen LogP contribution < -0.4 is 5.73 Å². The predicted molar refractivity (Wildman–Crippen MR) is 117 cm³/mol. The van der Waals surface area contributed by atoms with Crippen molar-refractivity contribution in [1.29, 1.82) is 0 Å². The molecule has 1 aromatic heterocycles. The molecular weight excluding hydrogens is 330 g/mol. The second-order valence-corrected chi connectivity index (χ2v) is 8.84. The Morgan fingerprint density at radius 1 is 1.19 bits per heavy atom. The van der Waals surface area contributed by atoms with Gasteiger partial charge in [-0.3, -0.25) is 9.88 Å². The number of hydrogen-bond donors (Lipinski definition) is 1. The predicted octanol–water partition coefficient (Wildman–Crippen LogP) is 6.01. The standard InChI is InChI=1S/C24H39N3/c1-8-27-23(4,5)15-18(16-24(27,6)7)20-10-9-19(25)21(26-20)17-11-13-22(2,3)14-12-17/h9-11,18H,8,12-16,25H2,1-7H3/i4D3,5D3,6D3,7D3. The lowest BCUT2D eigenvalue weighted by Gasteiger charge is -2.55. The molecule has 2 heterocycles. The summed E-state index contributed by atoms with van der Waals surface area (Å²) in [5.74, 6) is -1.09. The summed E-state index contributed by atoms with van der Waals surface area (Å²) in [6.45, 7) is -7.68. The second-order valence-electron chi connectivity index (χ2n) is 8.84. The SMILES string of the molecule is [2H]C([2H])([2H])C1(C([2H])([2H])[2H])CC(c2ccc(N)c(C3=CCC(C)(C)CC3)n2)CC(C([2H])([2H])[2H])(C([2H])([2H])[2H])N1CC. The van der Waals surface area contributed by atoms with Crippen molar-refractivity contribution in [2.24, 2.45) is 5.41 Å². The number of rotatable bonds is 3. The molecular formula is C24H39N3. The van der Waals surface area contributed by atoms with Gasteiger partial charge in [-0.05, 0) is 89.2 Å². The second kappa shape index (κ2) is 6.92. The summed E-state index contributed by atoms with van der Waals surface area (Å²) in [4.78, 5) is 5.47. The molecule has 150 valence electrons. The molecule has 0 spiro atoms. The van der Waals surface area contributed by atoms with Crippen LogP contribution in [0.1, 0.15) is 114 Å². The third-order valence-corrected chi connectivity index (χ3v) is 5.96. The lowest BCUT2D eigenvalue weighted by atomic mass is 9.72. The highest BCUT2D eigenvalue weighted by Crippen LogP contribution is 2.46. The largest absolute Gasteiger partial charge is 0.397 e. The molecule has 1 aromatic rings. The van der Waals surface area contributed by atoms with E-state index in [1.807, 2.05) is 0 Å². The van der Waals surface area contributed by atoms with Gasteiger partial charge in [-0.15, -0.1) is 0 Å². The Hall–Kier alpha value is -1.35. The topological polar surface area (TPSA) is 42.1 Å². The number of piperidine rings is 1. The highest BCUT2D eigenvalue weighted by Gasteiger charge is 2.45. The summed E-state index contributed by atoms with van der Waals surface area (Å²) < 4.78 is 101. The molecule has 1 fully saturated rings. The van der Waals surface area contributed by atoms with Gasteiger partial charge in [-0.1, -0.05) is 26.8 Å². The normalized spacial score (nSPS) is 33.7. The average Bonchev–Trinajstić information content (AvgIpc) is 2.75. The summed E-state index contributed by atoms with van der Waals surface area (Å²) in [6, 6.07) is 3.11. The molecule has 0 saturated carbocycles. The monoisotopic (exact) mass is 381 g/mol. The Balaban J connectivity index is 2.33. The molecule has 0 bridgehead atoms. The maximum absolute atomic E-state index is 8.39. The number of hydrogen-bond acceptors (Lipinski definition) is 3. The zero-order chi connectivity index (χ0) is 30.0. The summed E-state index contributed by atoms with van der Waals surface area (Å²) in [7, 11) is 0. The van der Waals surface area contributed by atoms with E-state index in [1.165, 1.54) is 13.0 Å². The molecule has 0 radical (unpaired) electrons. The molecule has 0 aromatic carbocycles. The maximum atomic E-state index is 8.39. The van der Waals surface area contributed by atoms with Gasteiger partial charge in [0.1, 0.15) is 0 Å². The number of nitrogens with two attached hydrogens (primary N) is 1. The van der Waals surface area contributed by atoms with Crippen LogP contribution in [0.25, 0.3) is 5.57 Å². The molecule has 27 heavy (non-hydrogen) atoms. The summed E-state index contributed by atoms with van der Waals surface area (Å²) in [5, 5.41) is 0. The molecule has 2 N–H and O–H groups in total. The van der Waals surface area contributed by atoms with E-state index in [1.54, 1.807) is 6.07 Å². The number of anilines is 1. The fraction of sp³-hybridized carbons (Fsp3) is 0.708. The Kier molecular flexibility index (Phi) is 2.54. The van der Waals surface area contributed by atoms with Gasteiger partial charge in [-0.25, -0.2) is 0 Å². The van der Waals surface area contributed by atoms with Crippen LogP contribution in [0.3, 0.4) is 0 Å². The van der Waals surface area contributed by atoms with Crippen LogP contribution >= 0.6 is 0 Å². The van der Waals surface area contributed by atoms with Crippen molar-refractivity contribution in [3.05, 3.63) is 29.6 Å². The quantitative estimate of drug-likeness (QED) is 0.696. The number of likely N-dealkylation sites (tertiary alicyclic amines) is 1. The van der Waals surface area contributed by atoms with E-state index < -0.39 is 63.8 Å². The van der Waals surface area contributed by atoms with Gasteiger partial charge >= 0.3 is 0 Å². The van der Waals surface area contributed by atoms with Crippen LogP contribution in [0.4, 0.5) is 5.69 Å². The smallest absolute Gasteiger partial charge is 0.0891 e. The van der Waals surface area contributed by atoms with Gasteiger partial charge in [0.25, 0.3) is 0 Å². The highest BCUT2D eigenvalue weighted by molar-refractivity contribution is 5.72. The molecule has 3 nitrogen and oxygen atoms in total. The van der Waals surface area contributed by atoms with Gasteiger partial charge in [0.2, 0.25) is 0 Å². The van der Waals surface area contributed by atoms with Gasteiger partial charge in [-0.2, -0.15) is 0 Å². The Morgan fingerprint density at radius 2 is 1.85 bits per heavy atom. The van der Waals surface area contributed by atoms with Crippen LogP contribution in [-0.2, 0) is 0 Å². The van der Waals surface area contributed by atoms with E-state index in [2.05, 4.69) is 19.9 Å². The minimum absolute atomic E-state index is 0.112. The number of pyridine rings is 1. The molecule has 0 unspecified atom stereocenters. The van der Waals surface area contributed by atoms with E-state index in [0.29, 0.717) is 17.8 Å². The van der Waals surface area contributed by atoms with E-state index in [0.717, 1.165) is 23.3 Å². The Labute approximate surface area is 183 Å². The molecule has 3 rings (SSSR count). The first-order valence-corrected chi connectivity index (χ1v) is 9.69. The maximum Gasteiger partial charge on any atom is 0.0891 e. The first kappa shape index (κ1) is 9.91. The average molecular weight is 382 g/mol. The third-order valence-electron chi connectivity index (χ3n) is 5.96. The first-order valence-electron chi connectivity index (χ1n) is 15.7. The summed E-state index contributed by atoms with van der Waals surface area (Å²) in [6.07, 6.45) is 3.39. The summed E-state index contributed by atoms with van der Waals surface area (Å²) >= 11 is 0. The van der Waals surface area contributed by atoms with Crippen molar-refractivity contribution in [3.63, 3.8) is 0 Å². The van der Waals surface area contributed by atoms with Crippen molar-refractivity contribution >= 4 is 11.3 Å². The van der Waals surface area contributed by atoms with Crippen molar-refractivity contribution in [2.75, 3.05) is 12.3 Å². The van der Waals surface area contributed by atoms with Gasteiger partial charge in [0, 0.05) is 39.1 Å². The fourth-order valence-corrected chi connectivity index (χ4v) is 4.34. The number of allylic oxidation sites excluding steroid dienone is 2. The van der Waals surface area contributed by atoms with Gasteiger partial charge in [0.15, 0.2) is 0 Å². The van der Waals surface area contributed by atoms with Crippen LogP contribution in [0.5, 0.6) is 0 Å². The number of nitrogens with zero attached hydrogens (tertiary/aromatic N) is 2. The summed E-state index contributed by atoms with van der Waals surface area (Å²) in [5.41, 5.74) is 2.87. The van der Waals surface area contributed by atoms with Crippen LogP contribution in [-0.4, -0.2) is 27.5 Å². The van der Waals surface area contributed by atoms with Crippen LogP contribution in [0.15, 0.2) is 18.2 Å². The molecule has 0 atom stereocenters. The molecule has 1 saturated heterocycles. The molecule has 2 aliphatic rings. The van der Waals surface area contributed by atoms with Gasteiger partial charge in [0.05, 0.1) is 11.4 Å². The lowest BCUT2D eigenvalue weighted by Crippen LogP contribution is -2.59. The molecule has 1 aliphatic heterocycles. The van der Waals surface area contributed by atoms with E-state index in [9.17, 15) is 0 Å². The molecule has 1 aliphatic carbocycles. The van der Waals surface area contributed by atoms with Crippen molar-refractivity contribution in [2.45, 2.75) is 97.3 Å².